The molecule has 0 bridgehead atoms. The summed E-state index contributed by atoms with van der Waals surface area (Å²) in [5.74, 6) is -0.0771. The topological polar surface area (TPSA) is 210 Å². The van der Waals surface area contributed by atoms with E-state index in [4.69, 9.17) is 23.9 Å². The summed E-state index contributed by atoms with van der Waals surface area (Å²) in [6.45, 7) is -0.560. The number of aliphatic hydroxyl groups excluding tert-OH is 4. The van der Waals surface area contributed by atoms with E-state index in [0.717, 1.165) is 0 Å². The highest BCUT2D eigenvalue weighted by Gasteiger charge is 2.52. The average molecular weight is 1110 g/mol. The summed E-state index contributed by atoms with van der Waals surface area (Å²) in [7, 11) is 2.91. The van der Waals surface area contributed by atoms with Crippen LogP contribution in [0, 0.1) is 0 Å². The number of methoxy groups -OCH3 is 2. The molecule has 6 N–H and O–H groups in total. The Labute approximate surface area is 347 Å². The van der Waals surface area contributed by atoms with E-state index in [2.05, 4.69) is 117 Å². The van der Waals surface area contributed by atoms with Crippen molar-refractivity contribution in [1.82, 2.24) is 10.6 Å². The zero-order valence-electron chi connectivity index (χ0n) is 27.0. The summed E-state index contributed by atoms with van der Waals surface area (Å²) in [4.78, 5) is 36.8. The van der Waals surface area contributed by atoms with Gasteiger partial charge in [0.15, 0.2) is 11.2 Å². The lowest BCUT2D eigenvalue weighted by atomic mass is 9.87. The van der Waals surface area contributed by atoms with Gasteiger partial charge in [0.25, 0.3) is 11.8 Å². The molecule has 0 saturated heterocycles. The van der Waals surface area contributed by atoms with Crippen molar-refractivity contribution in [3.63, 3.8) is 0 Å². The molecule has 2 aliphatic heterocycles. The molecule has 21 heteroatoms. The number of aliphatic hydroxyl groups is 4. The third-order valence-corrected chi connectivity index (χ3v) is 12.2. The number of oxime groups is 2. The van der Waals surface area contributed by atoms with Gasteiger partial charge < -0.3 is 54.9 Å². The summed E-state index contributed by atoms with van der Waals surface area (Å²) in [6, 6.07) is 3.19. The van der Waals surface area contributed by atoms with Crippen LogP contribution in [0.1, 0.15) is 24.5 Å². The van der Waals surface area contributed by atoms with E-state index in [1.807, 2.05) is 0 Å². The second-order valence-electron chi connectivity index (χ2n) is 11.8. The molecule has 0 aromatic heterocycles. The maximum absolute atomic E-state index is 12.9. The monoisotopic (exact) mass is 1110 g/mol. The fourth-order valence-electron chi connectivity index (χ4n) is 5.51. The zero-order chi connectivity index (χ0) is 38.1. The van der Waals surface area contributed by atoms with Gasteiger partial charge in [0, 0.05) is 25.9 Å². The minimum Gasteiger partial charge on any atom is -0.495 e. The molecule has 282 valence electrons. The van der Waals surface area contributed by atoms with Gasteiger partial charge in [-0.15, -0.1) is 0 Å². The molecule has 2 spiro atoms. The van der Waals surface area contributed by atoms with Crippen LogP contribution < -0.4 is 15.4 Å². The Balaban J connectivity index is 1.09. The third kappa shape index (κ3) is 8.37. The van der Waals surface area contributed by atoms with Gasteiger partial charge >= 0.3 is 0 Å². The molecule has 2 unspecified atom stereocenters. The van der Waals surface area contributed by atoms with Gasteiger partial charge in [-0.3, -0.25) is 9.59 Å². The number of carbonyl (C=O) groups is 2. The van der Waals surface area contributed by atoms with E-state index in [9.17, 15) is 30.0 Å². The molecule has 52 heavy (non-hydrogen) atoms. The van der Waals surface area contributed by atoms with E-state index >= 15 is 0 Å². The predicted molar refractivity (Wildman–Crippen MR) is 208 cm³/mol. The molecular weight excluding hydrogens is 1080 g/mol. The van der Waals surface area contributed by atoms with Crippen molar-refractivity contribution in [1.29, 1.82) is 0 Å². The van der Waals surface area contributed by atoms with Crippen molar-refractivity contribution in [3.05, 3.63) is 68.2 Å². The Bertz CT molecular complexity index is 1810. The quantitative estimate of drug-likeness (QED) is 0.176. The SMILES string of the molecule is COC1=C(Br)[C@@H](O)[C@@]2(C=C1Br)CC(C(=O)NCC(O)COc1c(Br)cc(C(O)CNC(=O)C3=NO[C@]4(C=C(Br)C(OC)=C(Br)[C@@H]4O)C3)cc1Br)=NO2. The molecule has 15 nitrogen and oxygen atoms in total. The molecule has 2 heterocycles. The van der Waals surface area contributed by atoms with Crippen LogP contribution in [0.3, 0.4) is 0 Å². The highest BCUT2D eigenvalue weighted by Crippen LogP contribution is 2.45. The summed E-state index contributed by atoms with van der Waals surface area (Å²) >= 11 is 20.2. The smallest absolute Gasteiger partial charge is 0.269 e. The highest BCUT2D eigenvalue weighted by atomic mass is 79.9. The second-order valence-corrected chi connectivity index (χ2v) is 16.9. The maximum Gasteiger partial charge on any atom is 0.269 e. The van der Waals surface area contributed by atoms with Crippen molar-refractivity contribution < 1.29 is 53.9 Å². The van der Waals surface area contributed by atoms with Gasteiger partial charge in [-0.2, -0.15) is 0 Å². The largest absolute Gasteiger partial charge is 0.495 e. The van der Waals surface area contributed by atoms with Gasteiger partial charge in [0.05, 0.1) is 47.2 Å². The number of halogens is 6. The number of hydrogen-bond donors (Lipinski definition) is 6. The minimum atomic E-state index is -1.32. The third-order valence-electron chi connectivity index (χ3n) is 8.27. The van der Waals surface area contributed by atoms with Crippen molar-refractivity contribution in [2.45, 2.75) is 48.5 Å². The summed E-state index contributed by atoms with van der Waals surface area (Å²) in [5, 5.41) is 56.0. The van der Waals surface area contributed by atoms with E-state index in [1.165, 1.54) is 14.2 Å². The zero-order valence-corrected chi connectivity index (χ0v) is 36.5. The van der Waals surface area contributed by atoms with Crippen LogP contribution in [0.4, 0.5) is 0 Å². The second kappa shape index (κ2) is 16.9. The number of rotatable bonds is 12. The van der Waals surface area contributed by atoms with Crippen LogP contribution >= 0.6 is 95.6 Å². The van der Waals surface area contributed by atoms with Crippen molar-refractivity contribution in [2.24, 2.45) is 10.3 Å². The van der Waals surface area contributed by atoms with Crippen LogP contribution in [0.15, 0.2) is 73.0 Å². The molecule has 4 aliphatic rings. The maximum atomic E-state index is 12.9. The summed E-state index contributed by atoms with van der Waals surface area (Å²) in [5.41, 5.74) is -2.16. The fraction of sp³-hybridized carbons (Fsp3) is 0.419. The normalized spacial score (nSPS) is 26.5. The number of nitrogens with zero attached hydrogens (tertiary/aromatic N) is 2. The van der Waals surface area contributed by atoms with Crippen molar-refractivity contribution >= 4 is 119 Å². The lowest BCUT2D eigenvalue weighted by Crippen LogP contribution is -2.45. The van der Waals surface area contributed by atoms with E-state index < -0.39 is 47.4 Å². The standard InChI is InChI=1S/C31H30Br6N4O11/c1-48-24-16(34)5-30(26(44)21(24)36)7-18(40-51-30)28(46)38-9-13(42)11-50-23-14(32)3-12(4-15(23)33)20(43)10-39-29(47)19-8-31(52-41-19)6-17(35)25(49-2)22(37)27(31)45/h3-6,13,20,26-27,42-45H,7-11H2,1-2H3,(H,38,46)(H,39,47)/t13?,20?,26-,27+,30-,31-/m1/s1. The van der Waals surface area contributed by atoms with Crippen molar-refractivity contribution in [2.75, 3.05) is 33.9 Å². The number of ether oxygens (including phenoxy) is 3. The Hall–Kier alpha value is -1.82. The first-order valence-electron chi connectivity index (χ1n) is 15.1. The number of allylic oxidation sites excluding steroid dienone is 2. The molecular formula is C31H30Br6N4O11. The first-order valence-corrected chi connectivity index (χ1v) is 19.9. The summed E-state index contributed by atoms with van der Waals surface area (Å²) in [6.07, 6.45) is -1.53. The Morgan fingerprint density at radius 3 is 1.71 bits per heavy atom. The molecule has 0 fully saturated rings. The molecule has 6 atom stereocenters. The molecule has 0 saturated carbocycles. The average Bonchev–Trinajstić information content (AvgIpc) is 3.73. The predicted octanol–water partition coefficient (Wildman–Crippen LogP) is 4.06. The number of carbonyl (C=O) groups excluding carboxylic acids is 2. The number of nitrogens with one attached hydrogen (secondary N) is 2. The van der Waals surface area contributed by atoms with Crippen LogP contribution in [-0.2, 0) is 28.7 Å². The molecule has 2 amide bonds. The lowest BCUT2D eigenvalue weighted by molar-refractivity contribution is -0.116. The van der Waals surface area contributed by atoms with Gasteiger partial charge in [-0.25, -0.2) is 0 Å². The Morgan fingerprint density at radius 1 is 0.827 bits per heavy atom. The van der Waals surface area contributed by atoms with Crippen LogP contribution in [0.2, 0.25) is 0 Å². The number of benzene rings is 1. The Morgan fingerprint density at radius 2 is 1.27 bits per heavy atom. The molecule has 5 rings (SSSR count). The number of hydrogen-bond acceptors (Lipinski definition) is 13. The highest BCUT2D eigenvalue weighted by molar-refractivity contribution is 9.12. The fourth-order valence-corrected chi connectivity index (χ4v) is 10.5. The van der Waals surface area contributed by atoms with Crippen LogP contribution in [0.25, 0.3) is 0 Å². The summed E-state index contributed by atoms with van der Waals surface area (Å²) < 4.78 is 18.9. The molecule has 1 aromatic carbocycles. The van der Waals surface area contributed by atoms with Gasteiger partial charge in [-0.05, 0) is 125 Å². The minimum absolute atomic E-state index is 0.0225. The van der Waals surface area contributed by atoms with Gasteiger partial charge in [0.2, 0.25) is 0 Å². The van der Waals surface area contributed by atoms with Gasteiger partial charge in [0.1, 0.15) is 53.6 Å². The lowest BCUT2D eigenvalue weighted by Gasteiger charge is -2.33. The first-order chi connectivity index (χ1) is 24.6. The Kier molecular flexibility index (Phi) is 13.4. The molecule has 0 radical (unpaired) electrons. The molecule has 1 aromatic rings. The van der Waals surface area contributed by atoms with Crippen LogP contribution in [-0.4, -0.2) is 107 Å². The van der Waals surface area contributed by atoms with E-state index in [1.54, 1.807) is 24.3 Å². The van der Waals surface area contributed by atoms with E-state index in [0.29, 0.717) is 49.7 Å². The van der Waals surface area contributed by atoms with Crippen molar-refractivity contribution in [3.8, 4) is 5.75 Å². The first kappa shape index (κ1) is 41.3. The molecule has 2 aliphatic carbocycles. The number of amides is 2. The van der Waals surface area contributed by atoms with E-state index in [-0.39, 0.29) is 44.0 Å². The van der Waals surface area contributed by atoms with Gasteiger partial charge in [-0.1, -0.05) is 10.3 Å². The van der Waals surface area contributed by atoms with Crippen LogP contribution in [0.5, 0.6) is 5.75 Å².